The van der Waals surface area contributed by atoms with Gasteiger partial charge in [0.2, 0.25) is 0 Å². The third kappa shape index (κ3) is 3.87. The smallest absolute Gasteiger partial charge is 0.257 e. The van der Waals surface area contributed by atoms with Crippen molar-refractivity contribution in [3.05, 3.63) is 59.7 Å². The van der Waals surface area contributed by atoms with Crippen molar-refractivity contribution in [1.82, 2.24) is 0 Å². The number of carbonyl (C=O) groups excluding carboxylic acids is 1. The average molecular weight is 278 g/mol. The van der Waals surface area contributed by atoms with Crippen molar-refractivity contribution in [3.8, 4) is 12.3 Å². The number of hydrogen-bond acceptors (Lipinski definition) is 2. The van der Waals surface area contributed by atoms with Crippen LogP contribution in [0.3, 0.4) is 0 Å². The molecule has 2 rings (SSSR count). The van der Waals surface area contributed by atoms with Crippen molar-refractivity contribution in [1.29, 1.82) is 0 Å². The Bertz CT molecular complexity index is 671. The lowest BCUT2D eigenvalue weighted by Crippen LogP contribution is -2.15. The van der Waals surface area contributed by atoms with Gasteiger partial charge in [-0.1, -0.05) is 31.0 Å². The molecule has 0 saturated heterocycles. The first-order valence-corrected chi connectivity index (χ1v) is 6.95. The molecule has 3 nitrogen and oxygen atoms in total. The standard InChI is InChI=1S/C18H18N2O/c1-3-12-19-17-11-6-5-10-16(17)18(21)20-15-9-7-8-14(4-2)13-15/h2,5-11,13,19H,3,12H2,1H3,(H,20,21). The lowest BCUT2D eigenvalue weighted by molar-refractivity contribution is 0.102. The van der Waals surface area contributed by atoms with Gasteiger partial charge in [-0.2, -0.15) is 0 Å². The van der Waals surface area contributed by atoms with E-state index in [2.05, 4.69) is 23.5 Å². The summed E-state index contributed by atoms with van der Waals surface area (Å²) in [5.41, 5.74) is 2.90. The Morgan fingerprint density at radius 1 is 1.19 bits per heavy atom. The molecule has 2 aromatic rings. The van der Waals surface area contributed by atoms with Crippen LogP contribution in [0.1, 0.15) is 29.3 Å². The van der Waals surface area contributed by atoms with Crippen molar-refractivity contribution in [2.45, 2.75) is 13.3 Å². The second-order valence-electron chi connectivity index (χ2n) is 4.65. The summed E-state index contributed by atoms with van der Waals surface area (Å²) in [6.07, 6.45) is 6.37. The summed E-state index contributed by atoms with van der Waals surface area (Å²) in [5.74, 6) is 2.41. The molecule has 0 atom stereocenters. The molecular formula is C18H18N2O. The van der Waals surface area contributed by atoms with Gasteiger partial charge in [0, 0.05) is 23.5 Å². The molecule has 0 fully saturated rings. The van der Waals surface area contributed by atoms with Gasteiger partial charge in [-0.3, -0.25) is 4.79 Å². The number of amides is 1. The summed E-state index contributed by atoms with van der Waals surface area (Å²) in [7, 11) is 0. The molecule has 0 heterocycles. The van der Waals surface area contributed by atoms with E-state index in [9.17, 15) is 4.79 Å². The number of para-hydroxylation sites is 1. The molecule has 0 radical (unpaired) electrons. The number of nitrogens with one attached hydrogen (secondary N) is 2. The maximum atomic E-state index is 12.4. The van der Waals surface area contributed by atoms with Crippen molar-refractivity contribution in [2.24, 2.45) is 0 Å². The third-order valence-corrected chi connectivity index (χ3v) is 3.02. The summed E-state index contributed by atoms with van der Waals surface area (Å²) in [5, 5.41) is 6.13. The minimum Gasteiger partial charge on any atom is -0.384 e. The van der Waals surface area contributed by atoms with E-state index in [0.717, 1.165) is 24.2 Å². The monoisotopic (exact) mass is 278 g/mol. The van der Waals surface area contributed by atoms with Crippen LogP contribution in [0.5, 0.6) is 0 Å². The van der Waals surface area contributed by atoms with Gasteiger partial charge in [0.1, 0.15) is 0 Å². The molecule has 0 aliphatic heterocycles. The zero-order chi connectivity index (χ0) is 15.1. The zero-order valence-corrected chi connectivity index (χ0v) is 12.0. The number of anilines is 2. The molecular weight excluding hydrogens is 260 g/mol. The molecule has 2 N–H and O–H groups in total. The zero-order valence-electron chi connectivity index (χ0n) is 12.0. The SMILES string of the molecule is C#Cc1cccc(NC(=O)c2ccccc2NCCC)c1. The predicted molar refractivity (Wildman–Crippen MR) is 87.6 cm³/mol. The fourth-order valence-corrected chi connectivity index (χ4v) is 1.98. The summed E-state index contributed by atoms with van der Waals surface area (Å²) in [4.78, 5) is 12.4. The van der Waals surface area contributed by atoms with E-state index in [0.29, 0.717) is 11.3 Å². The van der Waals surface area contributed by atoms with Crippen molar-refractivity contribution in [3.63, 3.8) is 0 Å². The van der Waals surface area contributed by atoms with E-state index in [1.54, 1.807) is 12.1 Å². The molecule has 106 valence electrons. The highest BCUT2D eigenvalue weighted by molar-refractivity contribution is 6.08. The minimum atomic E-state index is -0.150. The Balaban J connectivity index is 2.18. The lowest BCUT2D eigenvalue weighted by atomic mass is 10.1. The molecule has 21 heavy (non-hydrogen) atoms. The van der Waals surface area contributed by atoms with Gasteiger partial charge >= 0.3 is 0 Å². The molecule has 1 amide bonds. The predicted octanol–water partition coefficient (Wildman–Crippen LogP) is 3.74. The van der Waals surface area contributed by atoms with Gasteiger partial charge in [0.25, 0.3) is 5.91 Å². The topological polar surface area (TPSA) is 41.1 Å². The van der Waals surface area contributed by atoms with Gasteiger partial charge in [-0.25, -0.2) is 0 Å². The number of rotatable bonds is 5. The summed E-state index contributed by atoms with van der Waals surface area (Å²) in [6.45, 7) is 2.91. The van der Waals surface area contributed by atoms with Crippen LogP contribution in [0.15, 0.2) is 48.5 Å². The van der Waals surface area contributed by atoms with E-state index < -0.39 is 0 Å². The van der Waals surface area contributed by atoms with Gasteiger partial charge in [0.15, 0.2) is 0 Å². The van der Waals surface area contributed by atoms with Crippen LogP contribution >= 0.6 is 0 Å². The summed E-state index contributed by atoms with van der Waals surface area (Å²) in [6, 6.07) is 14.7. The van der Waals surface area contributed by atoms with Crippen molar-refractivity contribution < 1.29 is 4.79 Å². The molecule has 0 aliphatic carbocycles. The number of hydrogen-bond donors (Lipinski definition) is 2. The van der Waals surface area contributed by atoms with Crippen molar-refractivity contribution in [2.75, 3.05) is 17.2 Å². The van der Waals surface area contributed by atoms with E-state index in [-0.39, 0.29) is 5.91 Å². The second kappa shape index (κ2) is 7.16. The summed E-state index contributed by atoms with van der Waals surface area (Å²) >= 11 is 0. The third-order valence-electron chi connectivity index (χ3n) is 3.02. The first-order chi connectivity index (χ1) is 10.2. The van der Waals surface area contributed by atoms with Crippen LogP contribution in [-0.2, 0) is 0 Å². The highest BCUT2D eigenvalue weighted by Gasteiger charge is 2.10. The minimum absolute atomic E-state index is 0.150. The molecule has 0 spiro atoms. The lowest BCUT2D eigenvalue weighted by Gasteiger charge is -2.11. The normalized spacial score (nSPS) is 9.71. The van der Waals surface area contributed by atoms with Crippen LogP contribution in [-0.4, -0.2) is 12.5 Å². The van der Waals surface area contributed by atoms with Crippen LogP contribution in [0.4, 0.5) is 11.4 Å². The first-order valence-electron chi connectivity index (χ1n) is 6.95. The van der Waals surface area contributed by atoms with Gasteiger partial charge < -0.3 is 10.6 Å². The molecule has 0 saturated carbocycles. The largest absolute Gasteiger partial charge is 0.384 e. The number of carbonyl (C=O) groups is 1. The Hall–Kier alpha value is -2.73. The van der Waals surface area contributed by atoms with Crippen LogP contribution < -0.4 is 10.6 Å². The molecule has 0 aromatic heterocycles. The number of benzene rings is 2. The second-order valence-corrected chi connectivity index (χ2v) is 4.65. The first kappa shape index (κ1) is 14.7. The molecule has 0 bridgehead atoms. The van der Waals surface area contributed by atoms with Gasteiger partial charge in [-0.15, -0.1) is 6.42 Å². The quantitative estimate of drug-likeness (QED) is 0.818. The Morgan fingerprint density at radius 2 is 2.00 bits per heavy atom. The maximum Gasteiger partial charge on any atom is 0.257 e. The van der Waals surface area contributed by atoms with E-state index >= 15 is 0 Å². The van der Waals surface area contributed by atoms with Gasteiger partial charge in [0.05, 0.1) is 5.56 Å². The maximum absolute atomic E-state index is 12.4. The van der Waals surface area contributed by atoms with Crippen molar-refractivity contribution >= 4 is 17.3 Å². The highest BCUT2D eigenvalue weighted by Crippen LogP contribution is 2.18. The fourth-order valence-electron chi connectivity index (χ4n) is 1.98. The molecule has 0 aliphatic rings. The van der Waals surface area contributed by atoms with E-state index in [1.165, 1.54) is 0 Å². The van der Waals surface area contributed by atoms with Gasteiger partial charge in [-0.05, 0) is 36.8 Å². The van der Waals surface area contributed by atoms with E-state index in [4.69, 9.17) is 6.42 Å². The summed E-state index contributed by atoms with van der Waals surface area (Å²) < 4.78 is 0. The highest BCUT2D eigenvalue weighted by atomic mass is 16.1. The Morgan fingerprint density at radius 3 is 2.76 bits per heavy atom. The molecule has 0 unspecified atom stereocenters. The average Bonchev–Trinajstić information content (AvgIpc) is 2.53. The Kier molecular flexibility index (Phi) is 5.00. The fraction of sp³-hybridized carbons (Fsp3) is 0.167. The molecule has 2 aromatic carbocycles. The van der Waals surface area contributed by atoms with Crippen LogP contribution in [0, 0.1) is 12.3 Å². The molecule has 3 heteroatoms. The Labute approximate surface area is 125 Å². The van der Waals surface area contributed by atoms with E-state index in [1.807, 2.05) is 36.4 Å². The van der Waals surface area contributed by atoms with Crippen LogP contribution in [0.2, 0.25) is 0 Å². The van der Waals surface area contributed by atoms with Crippen LogP contribution in [0.25, 0.3) is 0 Å². The number of terminal acetylenes is 1.